The van der Waals surface area contributed by atoms with Crippen LogP contribution in [0.2, 0.25) is 0 Å². The zero-order valence-corrected chi connectivity index (χ0v) is 12.5. The van der Waals surface area contributed by atoms with Crippen LogP contribution in [0.4, 0.5) is 5.82 Å². The molecule has 1 amide bonds. The molecule has 2 aliphatic rings. The van der Waals surface area contributed by atoms with E-state index in [0.717, 1.165) is 35.4 Å². The molecule has 3 N–H and O–H groups in total. The largest absolute Gasteiger partial charge is 0.327 e. The number of H-pyrrole nitrogens is 1. The lowest BCUT2D eigenvalue weighted by Crippen LogP contribution is -2.14. The van der Waals surface area contributed by atoms with Crippen molar-refractivity contribution in [1.82, 2.24) is 25.1 Å². The van der Waals surface area contributed by atoms with Gasteiger partial charge in [-0.15, -0.1) is 0 Å². The third-order valence-corrected chi connectivity index (χ3v) is 4.57. The number of amides is 1. The van der Waals surface area contributed by atoms with E-state index in [4.69, 9.17) is 0 Å². The monoisotopic (exact) mass is 308 g/mol. The zero-order chi connectivity index (χ0) is 15.4. The Morgan fingerprint density at radius 2 is 2.22 bits per heavy atom. The summed E-state index contributed by atoms with van der Waals surface area (Å²) in [6.45, 7) is 1.50. The van der Waals surface area contributed by atoms with Gasteiger partial charge in [-0.1, -0.05) is 0 Å². The molecule has 0 unspecified atom stereocenters. The molecule has 7 heteroatoms. The Morgan fingerprint density at radius 3 is 3.09 bits per heavy atom. The fourth-order valence-electron chi connectivity index (χ4n) is 3.14. The number of fused-ring (bicyclic) bond motifs is 2. The molecule has 23 heavy (non-hydrogen) atoms. The number of hydrogen-bond donors (Lipinski definition) is 3. The lowest BCUT2D eigenvalue weighted by atomic mass is 10.1. The molecule has 0 saturated heterocycles. The highest BCUT2D eigenvalue weighted by atomic mass is 16.1. The minimum absolute atomic E-state index is 0.142. The van der Waals surface area contributed by atoms with Crippen LogP contribution in [0.5, 0.6) is 0 Å². The number of carbonyl (C=O) groups is 1. The highest BCUT2D eigenvalue weighted by Crippen LogP contribution is 2.37. The smallest absolute Gasteiger partial charge is 0.256 e. The zero-order valence-electron chi connectivity index (χ0n) is 12.5. The third kappa shape index (κ3) is 2.04. The molecule has 0 radical (unpaired) electrons. The number of aromatic nitrogens is 4. The molecule has 1 saturated carbocycles. The molecule has 3 aromatic rings. The first-order valence-corrected chi connectivity index (χ1v) is 7.84. The highest BCUT2D eigenvalue weighted by Gasteiger charge is 2.25. The molecule has 2 aromatic heterocycles. The summed E-state index contributed by atoms with van der Waals surface area (Å²) in [5.74, 6) is 0.474. The van der Waals surface area contributed by atoms with Gasteiger partial charge in [-0.2, -0.15) is 5.10 Å². The second-order valence-electron chi connectivity index (χ2n) is 6.17. The average molecular weight is 308 g/mol. The molecule has 0 atom stereocenters. The minimum Gasteiger partial charge on any atom is -0.327 e. The van der Waals surface area contributed by atoms with Gasteiger partial charge in [0.15, 0.2) is 5.82 Å². The van der Waals surface area contributed by atoms with Crippen LogP contribution in [-0.4, -0.2) is 25.7 Å². The molecule has 3 heterocycles. The van der Waals surface area contributed by atoms with Crippen LogP contribution in [0.3, 0.4) is 0 Å². The van der Waals surface area contributed by atoms with Crippen molar-refractivity contribution in [3.8, 4) is 0 Å². The van der Waals surface area contributed by atoms with Crippen LogP contribution in [0.1, 0.15) is 40.5 Å². The predicted octanol–water partition coefficient (Wildman–Crippen LogP) is 1.95. The lowest BCUT2D eigenvalue weighted by molar-refractivity contribution is 0.102. The molecule has 0 spiro atoms. The lowest BCUT2D eigenvalue weighted by Gasteiger charge is -2.06. The van der Waals surface area contributed by atoms with E-state index < -0.39 is 0 Å². The van der Waals surface area contributed by atoms with Gasteiger partial charge in [-0.25, -0.2) is 4.98 Å². The molecule has 1 aliphatic carbocycles. The summed E-state index contributed by atoms with van der Waals surface area (Å²) < 4.78 is 2.17. The van der Waals surface area contributed by atoms with E-state index in [2.05, 4.69) is 30.4 Å². The van der Waals surface area contributed by atoms with Gasteiger partial charge >= 0.3 is 0 Å². The number of nitrogens with one attached hydrogen (secondary N) is 3. The minimum atomic E-state index is -0.142. The van der Waals surface area contributed by atoms with E-state index in [1.165, 1.54) is 12.8 Å². The average Bonchev–Trinajstić information content (AvgIpc) is 2.99. The molecular formula is C16H16N6O. The number of imidazole rings is 1. The SMILES string of the molecule is O=C(Nc1n[nH]c2c1CNC2)c1ccc2ncn(C3CC3)c2c1. The van der Waals surface area contributed by atoms with Crippen LogP contribution in [-0.2, 0) is 13.1 Å². The molecule has 1 fully saturated rings. The summed E-state index contributed by atoms with van der Waals surface area (Å²) >= 11 is 0. The maximum Gasteiger partial charge on any atom is 0.256 e. The summed E-state index contributed by atoms with van der Waals surface area (Å²) in [6.07, 6.45) is 4.25. The molecule has 1 aromatic carbocycles. The summed E-state index contributed by atoms with van der Waals surface area (Å²) in [7, 11) is 0. The number of hydrogen-bond acceptors (Lipinski definition) is 4. The standard InChI is InChI=1S/C16H16N6O/c23-16(19-15-11-6-17-7-13(11)20-21-15)9-1-4-12-14(5-9)22(8-18-12)10-2-3-10/h1,4-5,8,10,17H,2-3,6-7H2,(H2,19,20,21,23). The summed E-state index contributed by atoms with van der Waals surface area (Å²) in [5.41, 5.74) is 4.67. The van der Waals surface area contributed by atoms with Crippen molar-refractivity contribution >= 4 is 22.8 Å². The number of aromatic amines is 1. The first-order chi connectivity index (χ1) is 11.3. The first kappa shape index (κ1) is 12.8. The molecule has 5 rings (SSSR count). The fourth-order valence-corrected chi connectivity index (χ4v) is 3.14. The van der Waals surface area contributed by atoms with Crippen molar-refractivity contribution in [3.05, 3.63) is 41.3 Å². The van der Waals surface area contributed by atoms with E-state index in [-0.39, 0.29) is 5.91 Å². The van der Waals surface area contributed by atoms with Gasteiger partial charge in [0, 0.05) is 30.3 Å². The molecule has 116 valence electrons. The Bertz CT molecular complexity index is 920. The summed E-state index contributed by atoms with van der Waals surface area (Å²) in [5, 5.41) is 13.3. The summed E-state index contributed by atoms with van der Waals surface area (Å²) in [6, 6.07) is 6.17. The third-order valence-electron chi connectivity index (χ3n) is 4.57. The van der Waals surface area contributed by atoms with Crippen molar-refractivity contribution < 1.29 is 4.79 Å². The van der Waals surface area contributed by atoms with Gasteiger partial charge in [0.05, 0.1) is 23.1 Å². The van der Waals surface area contributed by atoms with Gasteiger partial charge in [-0.05, 0) is 31.0 Å². The number of anilines is 1. The topological polar surface area (TPSA) is 87.6 Å². The Hall–Kier alpha value is -2.67. The molecule has 7 nitrogen and oxygen atoms in total. The molecule has 0 bridgehead atoms. The van der Waals surface area contributed by atoms with E-state index in [1.807, 2.05) is 24.5 Å². The van der Waals surface area contributed by atoms with Gasteiger partial charge in [-0.3, -0.25) is 9.89 Å². The van der Waals surface area contributed by atoms with E-state index in [1.54, 1.807) is 0 Å². The molecule has 1 aliphatic heterocycles. The number of carbonyl (C=O) groups excluding carboxylic acids is 1. The maximum atomic E-state index is 12.6. The Balaban J connectivity index is 1.47. The van der Waals surface area contributed by atoms with Gasteiger partial charge < -0.3 is 15.2 Å². The van der Waals surface area contributed by atoms with E-state index >= 15 is 0 Å². The van der Waals surface area contributed by atoms with Gasteiger partial charge in [0.1, 0.15) is 0 Å². The number of rotatable bonds is 3. The van der Waals surface area contributed by atoms with Crippen molar-refractivity contribution in [3.63, 3.8) is 0 Å². The maximum absolute atomic E-state index is 12.6. The van der Waals surface area contributed by atoms with Crippen LogP contribution >= 0.6 is 0 Å². The summed E-state index contributed by atoms with van der Waals surface area (Å²) in [4.78, 5) is 17.0. The number of nitrogens with zero attached hydrogens (tertiary/aromatic N) is 3. The first-order valence-electron chi connectivity index (χ1n) is 7.84. The van der Waals surface area contributed by atoms with Crippen molar-refractivity contribution in [2.75, 3.05) is 5.32 Å². The van der Waals surface area contributed by atoms with E-state index in [9.17, 15) is 4.79 Å². The van der Waals surface area contributed by atoms with Gasteiger partial charge in [0.2, 0.25) is 0 Å². The van der Waals surface area contributed by atoms with Crippen LogP contribution in [0.15, 0.2) is 24.5 Å². The van der Waals surface area contributed by atoms with Crippen molar-refractivity contribution in [1.29, 1.82) is 0 Å². The predicted molar refractivity (Wildman–Crippen MR) is 85.1 cm³/mol. The molecular weight excluding hydrogens is 292 g/mol. The van der Waals surface area contributed by atoms with Crippen LogP contribution in [0, 0.1) is 0 Å². The van der Waals surface area contributed by atoms with E-state index in [0.29, 0.717) is 17.4 Å². The van der Waals surface area contributed by atoms with Crippen molar-refractivity contribution in [2.24, 2.45) is 0 Å². The van der Waals surface area contributed by atoms with Gasteiger partial charge in [0.25, 0.3) is 5.91 Å². The quantitative estimate of drug-likeness (QED) is 0.690. The Kier molecular flexibility index (Phi) is 2.60. The normalized spacial score (nSPS) is 16.7. The van der Waals surface area contributed by atoms with Crippen molar-refractivity contribution in [2.45, 2.75) is 32.0 Å². The second-order valence-corrected chi connectivity index (χ2v) is 6.17. The Morgan fingerprint density at radius 1 is 1.30 bits per heavy atom. The number of benzene rings is 1. The second kappa shape index (κ2) is 4.66. The highest BCUT2D eigenvalue weighted by molar-refractivity contribution is 6.05. The van der Waals surface area contributed by atoms with Crippen LogP contribution < -0.4 is 10.6 Å². The van der Waals surface area contributed by atoms with Crippen LogP contribution in [0.25, 0.3) is 11.0 Å². The fraction of sp³-hybridized carbons (Fsp3) is 0.312. The Labute approximate surface area is 132 Å².